The molecule has 0 aliphatic heterocycles. The standard InChI is InChI=1S/C9H12S.Na.H/c1-6-4-9(10)5-7(2)8(6)3;;/h4-5,10H,1-3H3;;. The summed E-state index contributed by atoms with van der Waals surface area (Å²) in [4.78, 5) is 1.06. The van der Waals surface area contributed by atoms with Gasteiger partial charge in [0, 0.05) is 4.90 Å². The minimum atomic E-state index is 0. The number of thiol groups is 1. The molecule has 0 nitrogen and oxygen atoms in total. The molecule has 0 saturated carbocycles. The predicted molar refractivity (Wildman–Crippen MR) is 55.1 cm³/mol. The Hall–Kier alpha value is 0.570. The van der Waals surface area contributed by atoms with E-state index in [-0.39, 0.29) is 29.6 Å². The summed E-state index contributed by atoms with van der Waals surface area (Å²) < 4.78 is 0. The first kappa shape index (κ1) is 11.6. The topological polar surface area (TPSA) is 0 Å². The SMILES string of the molecule is Cc1cc(S)cc(C)c1C.[NaH]. The van der Waals surface area contributed by atoms with Crippen molar-refractivity contribution in [1.29, 1.82) is 0 Å². The fraction of sp³-hybridized carbons (Fsp3) is 0.333. The molecule has 0 atom stereocenters. The fourth-order valence-corrected chi connectivity index (χ4v) is 1.40. The second-order valence-electron chi connectivity index (χ2n) is 2.70. The summed E-state index contributed by atoms with van der Waals surface area (Å²) in [6.45, 7) is 6.36. The first-order valence-electron chi connectivity index (χ1n) is 3.38. The van der Waals surface area contributed by atoms with Crippen molar-refractivity contribution >= 4 is 42.2 Å². The molecule has 0 fully saturated rings. The Kier molecular flexibility index (Phi) is 4.80. The Labute approximate surface area is 96.1 Å². The molecule has 0 aliphatic carbocycles. The number of aryl methyl sites for hydroxylation is 2. The fourth-order valence-electron chi connectivity index (χ4n) is 1.01. The van der Waals surface area contributed by atoms with Gasteiger partial charge in [0.05, 0.1) is 0 Å². The van der Waals surface area contributed by atoms with Gasteiger partial charge in [-0.15, -0.1) is 12.6 Å². The summed E-state index contributed by atoms with van der Waals surface area (Å²) in [7, 11) is 0. The molecule has 11 heavy (non-hydrogen) atoms. The molecular formula is C9H13NaS. The molecule has 0 N–H and O–H groups in total. The summed E-state index contributed by atoms with van der Waals surface area (Å²) in [5.41, 5.74) is 4.02. The molecule has 0 amide bonds. The maximum absolute atomic E-state index is 4.27. The number of hydrogen-bond donors (Lipinski definition) is 1. The van der Waals surface area contributed by atoms with Gasteiger partial charge in [0.25, 0.3) is 0 Å². The zero-order valence-corrected chi connectivity index (χ0v) is 7.50. The third-order valence-electron chi connectivity index (χ3n) is 1.91. The van der Waals surface area contributed by atoms with Crippen LogP contribution in [0.4, 0.5) is 0 Å². The van der Waals surface area contributed by atoms with Gasteiger partial charge in [0.2, 0.25) is 0 Å². The van der Waals surface area contributed by atoms with E-state index in [9.17, 15) is 0 Å². The second kappa shape index (κ2) is 4.56. The summed E-state index contributed by atoms with van der Waals surface area (Å²) in [5.74, 6) is 0. The van der Waals surface area contributed by atoms with Gasteiger partial charge in [0.15, 0.2) is 0 Å². The first-order valence-corrected chi connectivity index (χ1v) is 3.83. The van der Waals surface area contributed by atoms with Crippen molar-refractivity contribution < 1.29 is 0 Å². The number of rotatable bonds is 0. The van der Waals surface area contributed by atoms with Gasteiger partial charge < -0.3 is 0 Å². The molecule has 56 valence electrons. The number of hydrogen-bond acceptors (Lipinski definition) is 1. The van der Waals surface area contributed by atoms with E-state index in [1.807, 2.05) is 0 Å². The second-order valence-corrected chi connectivity index (χ2v) is 3.22. The molecule has 0 aliphatic rings. The molecule has 0 spiro atoms. The monoisotopic (exact) mass is 176 g/mol. The predicted octanol–water partition coefficient (Wildman–Crippen LogP) is 2.25. The van der Waals surface area contributed by atoms with Crippen LogP contribution in [0.1, 0.15) is 16.7 Å². The molecule has 1 aromatic rings. The molecule has 0 aromatic heterocycles. The van der Waals surface area contributed by atoms with Crippen molar-refractivity contribution in [3.8, 4) is 0 Å². The van der Waals surface area contributed by atoms with Crippen LogP contribution >= 0.6 is 12.6 Å². The van der Waals surface area contributed by atoms with Crippen molar-refractivity contribution in [3.05, 3.63) is 28.8 Å². The van der Waals surface area contributed by atoms with Gasteiger partial charge in [-0.25, -0.2) is 0 Å². The number of benzene rings is 1. The molecule has 2 heteroatoms. The van der Waals surface area contributed by atoms with E-state index in [2.05, 4.69) is 45.5 Å². The van der Waals surface area contributed by atoms with E-state index in [4.69, 9.17) is 0 Å². The Balaban J connectivity index is 0.000001000. The van der Waals surface area contributed by atoms with E-state index in [1.54, 1.807) is 0 Å². The molecule has 0 unspecified atom stereocenters. The Morgan fingerprint density at radius 2 is 1.36 bits per heavy atom. The van der Waals surface area contributed by atoms with Crippen LogP contribution in [0.15, 0.2) is 17.0 Å². The van der Waals surface area contributed by atoms with Gasteiger partial charge in [-0.05, 0) is 49.6 Å². The van der Waals surface area contributed by atoms with E-state index in [0.29, 0.717) is 0 Å². The van der Waals surface area contributed by atoms with E-state index < -0.39 is 0 Å². The van der Waals surface area contributed by atoms with Gasteiger partial charge in [0.1, 0.15) is 0 Å². The first-order chi connectivity index (χ1) is 4.61. The molecule has 1 rings (SSSR count). The molecule has 1 aromatic carbocycles. The van der Waals surface area contributed by atoms with Crippen molar-refractivity contribution in [2.24, 2.45) is 0 Å². The molecule has 0 saturated heterocycles. The molecule has 0 bridgehead atoms. The van der Waals surface area contributed by atoms with Gasteiger partial charge >= 0.3 is 29.6 Å². The van der Waals surface area contributed by atoms with E-state index >= 15 is 0 Å². The van der Waals surface area contributed by atoms with Crippen LogP contribution in [-0.2, 0) is 0 Å². The molecular weight excluding hydrogens is 163 g/mol. The van der Waals surface area contributed by atoms with Crippen LogP contribution < -0.4 is 0 Å². The average Bonchev–Trinajstić information content (AvgIpc) is 1.82. The summed E-state index contributed by atoms with van der Waals surface area (Å²) in [6.07, 6.45) is 0. The van der Waals surface area contributed by atoms with Crippen LogP contribution in [0.25, 0.3) is 0 Å². The van der Waals surface area contributed by atoms with Crippen LogP contribution in [0.5, 0.6) is 0 Å². The van der Waals surface area contributed by atoms with Gasteiger partial charge in [-0.2, -0.15) is 0 Å². The maximum atomic E-state index is 4.27. The van der Waals surface area contributed by atoms with Crippen molar-refractivity contribution in [2.75, 3.05) is 0 Å². The Bertz CT molecular complexity index is 233. The summed E-state index contributed by atoms with van der Waals surface area (Å²) in [6, 6.07) is 4.18. The van der Waals surface area contributed by atoms with Crippen molar-refractivity contribution in [2.45, 2.75) is 25.7 Å². The van der Waals surface area contributed by atoms with Crippen molar-refractivity contribution in [1.82, 2.24) is 0 Å². The zero-order chi connectivity index (χ0) is 7.72. The third-order valence-corrected chi connectivity index (χ3v) is 2.17. The van der Waals surface area contributed by atoms with Crippen LogP contribution in [0, 0.1) is 20.8 Å². The summed E-state index contributed by atoms with van der Waals surface area (Å²) >= 11 is 4.27. The van der Waals surface area contributed by atoms with E-state index in [0.717, 1.165) is 4.90 Å². The van der Waals surface area contributed by atoms with Gasteiger partial charge in [-0.3, -0.25) is 0 Å². The van der Waals surface area contributed by atoms with Gasteiger partial charge in [-0.1, -0.05) is 0 Å². The Morgan fingerprint density at radius 3 is 1.73 bits per heavy atom. The van der Waals surface area contributed by atoms with Crippen molar-refractivity contribution in [3.63, 3.8) is 0 Å². The van der Waals surface area contributed by atoms with Crippen LogP contribution in [0.3, 0.4) is 0 Å². The van der Waals surface area contributed by atoms with Crippen LogP contribution in [0.2, 0.25) is 0 Å². The van der Waals surface area contributed by atoms with Crippen LogP contribution in [-0.4, -0.2) is 29.6 Å². The average molecular weight is 176 g/mol. The molecule has 0 heterocycles. The Morgan fingerprint density at radius 1 is 1.00 bits per heavy atom. The molecule has 0 radical (unpaired) electrons. The summed E-state index contributed by atoms with van der Waals surface area (Å²) in [5, 5.41) is 0. The third kappa shape index (κ3) is 2.83. The minimum absolute atomic E-state index is 0. The quantitative estimate of drug-likeness (QED) is 0.455. The normalized spacial score (nSPS) is 9.09. The van der Waals surface area contributed by atoms with E-state index in [1.165, 1.54) is 16.7 Å². The zero-order valence-electron chi connectivity index (χ0n) is 6.60.